The predicted molar refractivity (Wildman–Crippen MR) is 99.8 cm³/mol. The Labute approximate surface area is 153 Å². The summed E-state index contributed by atoms with van der Waals surface area (Å²) >= 11 is 2.53. The topological polar surface area (TPSA) is 96.5 Å². The predicted octanol–water partition coefficient (Wildman–Crippen LogP) is 3.35. The largest absolute Gasteiger partial charge is 0.293 e. The number of H-pyrrole nitrogens is 1. The van der Waals surface area contributed by atoms with Crippen LogP contribution < -0.4 is 5.32 Å². The van der Waals surface area contributed by atoms with Gasteiger partial charge in [0.25, 0.3) is 0 Å². The van der Waals surface area contributed by atoms with Crippen LogP contribution in [0.25, 0.3) is 10.6 Å². The molecule has 1 amide bonds. The number of aromatic amines is 1. The van der Waals surface area contributed by atoms with Gasteiger partial charge >= 0.3 is 0 Å². The van der Waals surface area contributed by atoms with Gasteiger partial charge in [-0.25, -0.2) is 4.98 Å². The van der Waals surface area contributed by atoms with Gasteiger partial charge in [-0.1, -0.05) is 56.8 Å². The van der Waals surface area contributed by atoms with E-state index in [1.807, 2.05) is 12.1 Å². The Balaban J connectivity index is 1.61. The summed E-state index contributed by atoms with van der Waals surface area (Å²) in [6.07, 6.45) is 1.40. The van der Waals surface area contributed by atoms with Crippen LogP contribution >= 0.6 is 23.3 Å². The number of hydrogen-bond acceptors (Lipinski definition) is 7. The van der Waals surface area contributed by atoms with Crippen molar-refractivity contribution in [3.05, 3.63) is 36.2 Å². The molecule has 3 rings (SSSR count). The van der Waals surface area contributed by atoms with Crippen LogP contribution in [0.4, 0.5) is 5.95 Å². The van der Waals surface area contributed by atoms with E-state index in [2.05, 4.69) is 62.8 Å². The number of nitrogens with zero attached hydrogens (tertiary/aromatic N) is 4. The second-order valence-electron chi connectivity index (χ2n) is 6.38. The number of hydrogen-bond donors (Lipinski definition) is 2. The number of rotatable bonds is 5. The van der Waals surface area contributed by atoms with Crippen molar-refractivity contribution in [1.82, 2.24) is 24.5 Å². The van der Waals surface area contributed by atoms with Gasteiger partial charge in [0.15, 0.2) is 5.16 Å². The molecule has 1 aromatic carbocycles. The fourth-order valence-corrected chi connectivity index (χ4v) is 3.27. The Kier molecular flexibility index (Phi) is 5.14. The molecule has 2 aromatic heterocycles. The van der Waals surface area contributed by atoms with Crippen LogP contribution in [0.1, 0.15) is 26.3 Å². The van der Waals surface area contributed by atoms with E-state index < -0.39 is 0 Å². The smallest absolute Gasteiger partial charge is 0.241 e. The monoisotopic (exact) mass is 374 g/mol. The third kappa shape index (κ3) is 4.64. The molecule has 0 aliphatic rings. The van der Waals surface area contributed by atoms with Gasteiger partial charge in [0.1, 0.15) is 11.3 Å². The number of anilines is 1. The van der Waals surface area contributed by atoms with Crippen molar-refractivity contribution in [3.63, 3.8) is 0 Å². The number of thioether (sulfide) groups is 1. The molecule has 0 radical (unpaired) electrons. The van der Waals surface area contributed by atoms with Gasteiger partial charge in [0.2, 0.25) is 11.9 Å². The molecule has 0 saturated heterocycles. The SMILES string of the molecule is CC(C)(C)c1ccc(-c2nc(NC(=O)CSc3ncn[nH]3)ns2)cc1. The summed E-state index contributed by atoms with van der Waals surface area (Å²) in [6.45, 7) is 6.53. The van der Waals surface area contributed by atoms with Gasteiger partial charge < -0.3 is 0 Å². The van der Waals surface area contributed by atoms with E-state index >= 15 is 0 Å². The van der Waals surface area contributed by atoms with E-state index in [4.69, 9.17) is 0 Å². The third-order valence-electron chi connectivity index (χ3n) is 3.41. The Morgan fingerprint density at radius 1 is 1.28 bits per heavy atom. The van der Waals surface area contributed by atoms with Crippen LogP contribution in [0.3, 0.4) is 0 Å². The molecule has 0 unspecified atom stereocenters. The van der Waals surface area contributed by atoms with Crippen LogP contribution in [-0.2, 0) is 10.2 Å². The van der Waals surface area contributed by atoms with E-state index in [1.165, 1.54) is 35.2 Å². The van der Waals surface area contributed by atoms with Crippen LogP contribution in [-0.4, -0.2) is 36.2 Å². The van der Waals surface area contributed by atoms with E-state index in [0.717, 1.165) is 10.6 Å². The molecule has 3 aromatic rings. The number of carbonyl (C=O) groups is 1. The number of nitrogens with one attached hydrogen (secondary N) is 2. The minimum Gasteiger partial charge on any atom is -0.293 e. The maximum atomic E-state index is 11.9. The lowest BCUT2D eigenvalue weighted by Gasteiger charge is -2.18. The zero-order valence-electron chi connectivity index (χ0n) is 14.1. The summed E-state index contributed by atoms with van der Waals surface area (Å²) in [5, 5.41) is 10.5. The van der Waals surface area contributed by atoms with Crippen LogP contribution in [0, 0.1) is 0 Å². The number of aromatic nitrogens is 5. The first-order valence-electron chi connectivity index (χ1n) is 7.64. The normalized spacial score (nSPS) is 11.5. The standard InChI is InChI=1S/C16H18N6OS2/c1-16(2,3)11-6-4-10(5-7-11)13-20-14(22-25-13)19-12(23)8-24-15-17-9-18-21-15/h4-7,9H,8H2,1-3H3,(H,17,18,21)(H,19,22,23). The van der Waals surface area contributed by atoms with Crippen molar-refractivity contribution in [2.45, 2.75) is 31.3 Å². The fraction of sp³-hybridized carbons (Fsp3) is 0.312. The Bertz CT molecular complexity index is 836. The van der Waals surface area contributed by atoms with Gasteiger partial charge in [0.05, 0.1) is 5.75 Å². The lowest BCUT2D eigenvalue weighted by atomic mass is 9.87. The summed E-state index contributed by atoms with van der Waals surface area (Å²) < 4.78 is 4.20. The highest BCUT2D eigenvalue weighted by Gasteiger charge is 2.15. The van der Waals surface area contributed by atoms with E-state index in [1.54, 1.807) is 0 Å². The van der Waals surface area contributed by atoms with Crippen LogP contribution in [0.2, 0.25) is 0 Å². The van der Waals surface area contributed by atoms with Crippen LogP contribution in [0.15, 0.2) is 35.7 Å². The molecular formula is C16H18N6OS2. The van der Waals surface area contributed by atoms with Gasteiger partial charge in [-0.15, -0.1) is 0 Å². The first kappa shape index (κ1) is 17.6. The van der Waals surface area contributed by atoms with E-state index in [-0.39, 0.29) is 17.1 Å². The molecule has 2 N–H and O–H groups in total. The molecule has 0 fully saturated rings. The Morgan fingerprint density at radius 2 is 2.04 bits per heavy atom. The van der Waals surface area contributed by atoms with Crippen molar-refractivity contribution in [3.8, 4) is 10.6 Å². The average molecular weight is 374 g/mol. The summed E-state index contributed by atoms with van der Waals surface area (Å²) in [7, 11) is 0. The summed E-state index contributed by atoms with van der Waals surface area (Å²) in [5.74, 6) is 0.348. The highest BCUT2D eigenvalue weighted by molar-refractivity contribution is 7.99. The zero-order chi connectivity index (χ0) is 17.9. The molecule has 0 saturated carbocycles. The number of carbonyl (C=O) groups excluding carboxylic acids is 1. The molecule has 25 heavy (non-hydrogen) atoms. The number of benzene rings is 1. The lowest BCUT2D eigenvalue weighted by molar-refractivity contribution is -0.113. The molecule has 130 valence electrons. The molecule has 0 bridgehead atoms. The van der Waals surface area contributed by atoms with Crippen molar-refractivity contribution in [2.24, 2.45) is 0 Å². The van der Waals surface area contributed by atoms with Gasteiger partial charge in [0, 0.05) is 5.56 Å². The first-order valence-corrected chi connectivity index (χ1v) is 9.40. The molecule has 7 nitrogen and oxygen atoms in total. The molecule has 0 aliphatic carbocycles. The van der Waals surface area contributed by atoms with Crippen molar-refractivity contribution in [2.75, 3.05) is 11.1 Å². The maximum absolute atomic E-state index is 11.9. The van der Waals surface area contributed by atoms with Crippen molar-refractivity contribution < 1.29 is 4.79 Å². The number of amides is 1. The van der Waals surface area contributed by atoms with Crippen molar-refractivity contribution >= 4 is 35.1 Å². The zero-order valence-corrected chi connectivity index (χ0v) is 15.7. The maximum Gasteiger partial charge on any atom is 0.241 e. The third-order valence-corrected chi connectivity index (χ3v) is 5.05. The van der Waals surface area contributed by atoms with Gasteiger partial charge in [-0.2, -0.15) is 14.5 Å². The first-order chi connectivity index (χ1) is 11.9. The quantitative estimate of drug-likeness (QED) is 0.665. The fourth-order valence-electron chi connectivity index (χ4n) is 2.06. The molecular weight excluding hydrogens is 356 g/mol. The molecule has 0 aliphatic heterocycles. The summed E-state index contributed by atoms with van der Waals surface area (Å²) in [4.78, 5) is 20.3. The van der Waals surface area contributed by atoms with Crippen LogP contribution in [0.5, 0.6) is 0 Å². The van der Waals surface area contributed by atoms with Crippen molar-refractivity contribution in [1.29, 1.82) is 0 Å². The summed E-state index contributed by atoms with van der Waals surface area (Å²) in [5.41, 5.74) is 2.36. The van der Waals surface area contributed by atoms with E-state index in [9.17, 15) is 4.79 Å². The average Bonchev–Trinajstić information content (AvgIpc) is 3.24. The molecule has 2 heterocycles. The second kappa shape index (κ2) is 7.32. The van der Waals surface area contributed by atoms with Gasteiger partial charge in [-0.05, 0) is 22.5 Å². The minimum absolute atomic E-state index is 0.111. The molecule has 0 atom stereocenters. The molecule has 9 heteroatoms. The minimum atomic E-state index is -0.186. The highest BCUT2D eigenvalue weighted by atomic mass is 32.2. The second-order valence-corrected chi connectivity index (χ2v) is 8.09. The Morgan fingerprint density at radius 3 is 2.68 bits per heavy atom. The Hall–Kier alpha value is -2.26. The molecule has 0 spiro atoms. The lowest BCUT2D eigenvalue weighted by Crippen LogP contribution is -2.15. The van der Waals surface area contributed by atoms with E-state index in [0.29, 0.717) is 11.1 Å². The highest BCUT2D eigenvalue weighted by Crippen LogP contribution is 2.27. The summed E-state index contributed by atoms with van der Waals surface area (Å²) in [6, 6.07) is 8.27. The van der Waals surface area contributed by atoms with Gasteiger partial charge in [-0.3, -0.25) is 15.2 Å².